The molecule has 4 unspecified atom stereocenters. The van der Waals surface area contributed by atoms with Crippen molar-refractivity contribution in [3.05, 3.63) is 0 Å². The first-order valence-corrected chi connectivity index (χ1v) is 25.3. The minimum Gasteiger partial charge on any atom is -0.605 e. The lowest BCUT2D eigenvalue weighted by Crippen LogP contribution is -2.59. The summed E-state index contributed by atoms with van der Waals surface area (Å²) < 4.78 is 56.4. The molecule has 0 saturated carbocycles. The summed E-state index contributed by atoms with van der Waals surface area (Å²) in [5.74, 6) is -2.19. The van der Waals surface area contributed by atoms with Crippen LogP contribution in [0.15, 0.2) is 0 Å². The Morgan fingerprint density at radius 3 is 2.30 bits per heavy atom. The van der Waals surface area contributed by atoms with Gasteiger partial charge in [0, 0.05) is 60.8 Å². The first-order chi connectivity index (χ1) is 28.4. The fourth-order valence-electron chi connectivity index (χ4n) is 9.80. The van der Waals surface area contributed by atoms with Gasteiger partial charge in [-0.3, -0.25) is 9.59 Å². The minimum absolute atomic E-state index is 0.112. The van der Waals surface area contributed by atoms with Crippen molar-refractivity contribution in [2.75, 3.05) is 26.5 Å². The highest BCUT2D eigenvalue weighted by Crippen LogP contribution is 2.40. The molecular weight excluding hydrogens is 831 g/mol. The molecule has 4 saturated heterocycles. The molecule has 356 valence electrons. The van der Waals surface area contributed by atoms with Crippen LogP contribution in [0, 0.1) is 17.8 Å². The summed E-state index contributed by atoms with van der Waals surface area (Å²) >= 11 is 0. The first kappa shape index (κ1) is 52.8. The van der Waals surface area contributed by atoms with Gasteiger partial charge in [-0.1, -0.05) is 20.8 Å². The minimum atomic E-state index is -1.82. The van der Waals surface area contributed by atoms with Gasteiger partial charge in [0.2, 0.25) is 0 Å². The number of aliphatic hydroxyl groups is 4. The summed E-state index contributed by atoms with van der Waals surface area (Å²) in [4.78, 5) is 29.6. The van der Waals surface area contributed by atoms with Gasteiger partial charge < -0.3 is 63.0 Å². The molecule has 4 N–H and O–H groups in total. The Balaban J connectivity index is 1.71. The van der Waals surface area contributed by atoms with Gasteiger partial charge in [-0.15, -0.1) is 0 Å². The maximum Gasteiger partial charge on any atom is 0.311 e. The highest BCUT2D eigenvalue weighted by molar-refractivity contribution is 8.72. The maximum atomic E-state index is 14.4. The predicted octanol–water partition coefficient (Wildman–Crippen LogP) is 4.64. The topological polar surface area (TPSA) is 206 Å². The predicted molar refractivity (Wildman–Crippen MR) is 233 cm³/mol. The number of nitrogens with zero attached hydrogens (tertiary/aromatic N) is 1. The second-order valence-corrected chi connectivity index (χ2v) is 22.8. The lowest BCUT2D eigenvalue weighted by molar-refractivity contribution is -0.315. The molecule has 4 aliphatic heterocycles. The van der Waals surface area contributed by atoms with Crippen LogP contribution in [0.3, 0.4) is 0 Å². The van der Waals surface area contributed by atoms with Crippen LogP contribution in [0.5, 0.6) is 0 Å². The average Bonchev–Trinajstić information content (AvgIpc) is 3.61. The van der Waals surface area contributed by atoms with E-state index in [1.54, 1.807) is 41.5 Å². The van der Waals surface area contributed by atoms with E-state index in [4.69, 9.17) is 33.2 Å². The molecule has 0 aromatic heterocycles. The van der Waals surface area contributed by atoms with Gasteiger partial charge in [0.15, 0.2) is 18.7 Å². The number of carbonyl (C=O) groups is 2. The number of aliphatic hydroxyl groups excluding tert-OH is 2. The number of methoxy groups -OCH3 is 1. The van der Waals surface area contributed by atoms with Crippen LogP contribution in [0.2, 0.25) is 0 Å². The Bertz CT molecular complexity index is 1400. The molecule has 4 rings (SSSR count). The van der Waals surface area contributed by atoms with Crippen LogP contribution >= 0.6 is 10.8 Å². The van der Waals surface area contributed by atoms with Crippen molar-refractivity contribution in [1.29, 1.82) is 0 Å². The number of hydrogen-bond donors (Lipinski definition) is 4. The van der Waals surface area contributed by atoms with E-state index in [1.165, 1.54) is 24.8 Å². The van der Waals surface area contributed by atoms with Crippen molar-refractivity contribution in [3.63, 3.8) is 0 Å². The molecule has 61 heavy (non-hydrogen) atoms. The molecule has 4 aliphatic rings. The van der Waals surface area contributed by atoms with Crippen LogP contribution in [-0.4, -0.2) is 158 Å². The van der Waals surface area contributed by atoms with E-state index in [9.17, 15) is 34.6 Å². The van der Waals surface area contributed by atoms with Crippen molar-refractivity contribution in [2.24, 2.45) is 17.8 Å². The van der Waals surface area contributed by atoms with Crippen molar-refractivity contribution < 1.29 is 67.7 Å². The number of likely N-dealkylation sites (N-methyl/N-ethyl adjacent to an activating group) is 1. The van der Waals surface area contributed by atoms with Gasteiger partial charge in [-0.05, 0) is 106 Å². The fourth-order valence-corrected chi connectivity index (χ4v) is 13.3. The molecule has 19 atom stereocenters. The fraction of sp³-hybridized carbons (Fsp3) is 0.955. The molecule has 0 bridgehead atoms. The Morgan fingerprint density at radius 1 is 0.984 bits per heavy atom. The lowest BCUT2D eigenvalue weighted by Gasteiger charge is -2.48. The number of rotatable bonds is 12. The normalized spacial score (nSPS) is 46.3. The first-order valence-electron chi connectivity index (χ1n) is 22.6. The number of unbranched alkanes of at least 4 members (excludes halogenated alkanes) is 1. The van der Waals surface area contributed by atoms with Crippen LogP contribution in [0.1, 0.15) is 133 Å². The zero-order valence-corrected chi connectivity index (χ0v) is 40.4. The number of ether oxygens (including phenoxy) is 7. The third kappa shape index (κ3) is 13.4. The van der Waals surface area contributed by atoms with Crippen molar-refractivity contribution in [1.82, 2.24) is 4.90 Å². The monoisotopic (exact) mass is 909 g/mol. The zero-order valence-electron chi connectivity index (χ0n) is 38.8. The van der Waals surface area contributed by atoms with E-state index in [2.05, 4.69) is 0 Å². The summed E-state index contributed by atoms with van der Waals surface area (Å²) in [6.45, 7) is 18.0. The van der Waals surface area contributed by atoms with Gasteiger partial charge in [0.25, 0.3) is 0 Å². The van der Waals surface area contributed by atoms with Crippen molar-refractivity contribution in [2.45, 2.75) is 223 Å². The summed E-state index contributed by atoms with van der Waals surface area (Å²) in [5.41, 5.74) is -4.47. The van der Waals surface area contributed by atoms with Crippen LogP contribution in [-0.2, 0) is 53.0 Å². The number of cyclic esters (lactones) is 1. The Hall–Kier alpha value is -0.800. The molecule has 4 fully saturated rings. The van der Waals surface area contributed by atoms with E-state index in [1.807, 2.05) is 32.7 Å². The van der Waals surface area contributed by atoms with Gasteiger partial charge in [-0.25, -0.2) is 0 Å². The number of carbonyl (C=O) groups excluding carboxylic acids is 2. The second kappa shape index (κ2) is 22.6. The van der Waals surface area contributed by atoms with Gasteiger partial charge >= 0.3 is 11.9 Å². The number of esters is 2. The molecule has 0 aromatic carbocycles. The highest BCUT2D eigenvalue weighted by atomic mass is 33.1. The molecule has 0 aromatic rings. The third-order valence-electron chi connectivity index (χ3n) is 13.8. The van der Waals surface area contributed by atoms with Gasteiger partial charge in [0.05, 0.1) is 52.3 Å². The van der Waals surface area contributed by atoms with Crippen molar-refractivity contribution in [3.8, 4) is 0 Å². The Morgan fingerprint density at radius 2 is 1.67 bits per heavy atom. The van der Waals surface area contributed by atoms with E-state index in [0.29, 0.717) is 25.8 Å². The molecule has 4 heterocycles. The highest BCUT2D eigenvalue weighted by Gasteiger charge is 2.52. The smallest absolute Gasteiger partial charge is 0.311 e. The summed E-state index contributed by atoms with van der Waals surface area (Å²) in [5, 5.41) is 47.3. The molecule has 0 radical (unpaired) electrons. The Kier molecular flexibility index (Phi) is 19.6. The average molecular weight is 910 g/mol. The molecule has 0 amide bonds. The Labute approximate surface area is 371 Å². The second-order valence-electron chi connectivity index (χ2n) is 19.3. The van der Waals surface area contributed by atoms with Gasteiger partial charge in [0.1, 0.15) is 29.2 Å². The SMILES string of the molecule is CC[C@H]1OC(=O)[C@H](C)[C@@H](O[C@H]2C[C@@](C)(OC)[C@@H](O)[C@H](C)O2)[C@H](C)[C@@H](OC2OC(C)CCC2OC(=O)CCCC[C@@H]2CCS[S+]2[O-])[C@](C)(O)C[C@@H](C)CN(C)[C@H](C)[C@@H](O)[C@]1(C)O. The molecular formula is C44H79NO14S2. The molecule has 0 spiro atoms. The summed E-state index contributed by atoms with van der Waals surface area (Å²) in [6, 6.07) is -0.561. The van der Waals surface area contributed by atoms with E-state index in [0.717, 1.165) is 25.0 Å². The van der Waals surface area contributed by atoms with Crippen LogP contribution < -0.4 is 0 Å². The number of hydrogen-bond acceptors (Lipinski definition) is 16. The van der Waals surface area contributed by atoms with E-state index >= 15 is 0 Å². The van der Waals surface area contributed by atoms with Crippen LogP contribution in [0.25, 0.3) is 0 Å². The van der Waals surface area contributed by atoms with E-state index in [-0.39, 0.29) is 48.9 Å². The molecule has 17 heteroatoms. The summed E-state index contributed by atoms with van der Waals surface area (Å²) in [7, 11) is 3.96. The van der Waals surface area contributed by atoms with E-state index < -0.39 is 106 Å². The standard InChI is InChI=1S/C44H79NO14S2/c1-13-33-44(10,51)37(47)29(6)45(11)24-25(2)22-42(8,50)39(27(4)36(28(5)40(49)57-33)58-35-23-43(9,53-12)38(48)30(7)55-35)59-41-32(19-18-26(3)54-41)56-34(46)17-15-14-16-31-20-21-60-61(31)52/h25-33,35-39,41,47-48,50-51H,13-24H2,1-12H3/t25-,26?,27+,28-,29-,30+,31-,32?,33-,35+,36+,37-,38+,39-,41?,42-,43-,44-,61?/m1/s1. The molecule has 15 nitrogen and oxygen atoms in total. The molecule has 0 aliphatic carbocycles. The van der Waals surface area contributed by atoms with Crippen molar-refractivity contribution >= 4 is 32.9 Å². The zero-order chi connectivity index (χ0) is 45.6. The van der Waals surface area contributed by atoms with Gasteiger partial charge in [-0.2, -0.15) is 0 Å². The lowest BCUT2D eigenvalue weighted by atomic mass is 9.77. The maximum absolute atomic E-state index is 14.4. The largest absolute Gasteiger partial charge is 0.605 e. The summed E-state index contributed by atoms with van der Waals surface area (Å²) in [6.07, 6.45) is -4.36. The quantitative estimate of drug-likeness (QED) is 0.0911. The van der Waals surface area contributed by atoms with Crippen LogP contribution in [0.4, 0.5) is 0 Å². The third-order valence-corrected chi connectivity index (χ3v) is 17.5.